The minimum Gasteiger partial charge on any atom is -0.366 e. The molecule has 1 aromatic carbocycles. The molecule has 0 amide bonds. The van der Waals surface area contributed by atoms with Crippen LogP contribution < -0.4 is 10.6 Å². The van der Waals surface area contributed by atoms with Crippen molar-refractivity contribution in [3.8, 4) is 0 Å². The van der Waals surface area contributed by atoms with E-state index >= 15 is 0 Å². The SMILES string of the molecule is c1ccc2nc(NC3CCNCC3)cnc2c1. The molecule has 0 saturated carbocycles. The van der Waals surface area contributed by atoms with Gasteiger partial charge in [0, 0.05) is 6.04 Å². The Balaban J connectivity index is 1.80. The van der Waals surface area contributed by atoms with Crippen LogP contribution in [0.4, 0.5) is 5.82 Å². The van der Waals surface area contributed by atoms with Crippen molar-refractivity contribution >= 4 is 16.9 Å². The monoisotopic (exact) mass is 228 g/mol. The van der Waals surface area contributed by atoms with Crippen LogP contribution in [0, 0.1) is 0 Å². The number of rotatable bonds is 2. The highest BCUT2D eigenvalue weighted by molar-refractivity contribution is 5.75. The molecule has 0 unspecified atom stereocenters. The molecule has 1 fully saturated rings. The van der Waals surface area contributed by atoms with E-state index in [1.54, 1.807) is 0 Å². The molecule has 1 aromatic heterocycles. The van der Waals surface area contributed by atoms with E-state index in [-0.39, 0.29) is 0 Å². The number of anilines is 1. The van der Waals surface area contributed by atoms with Gasteiger partial charge >= 0.3 is 0 Å². The molecule has 17 heavy (non-hydrogen) atoms. The molecule has 0 atom stereocenters. The number of para-hydroxylation sites is 2. The van der Waals surface area contributed by atoms with E-state index in [0.29, 0.717) is 6.04 Å². The lowest BCUT2D eigenvalue weighted by Gasteiger charge is -2.24. The average Bonchev–Trinajstić information content (AvgIpc) is 2.40. The van der Waals surface area contributed by atoms with Gasteiger partial charge in [-0.2, -0.15) is 0 Å². The quantitative estimate of drug-likeness (QED) is 0.823. The molecule has 1 saturated heterocycles. The Kier molecular flexibility index (Phi) is 2.88. The van der Waals surface area contributed by atoms with Crippen LogP contribution in [-0.2, 0) is 0 Å². The highest BCUT2D eigenvalue weighted by Gasteiger charge is 2.13. The number of fused-ring (bicyclic) bond motifs is 1. The number of piperidine rings is 1. The van der Waals surface area contributed by atoms with Crippen molar-refractivity contribution in [2.75, 3.05) is 18.4 Å². The van der Waals surface area contributed by atoms with E-state index < -0.39 is 0 Å². The van der Waals surface area contributed by atoms with Crippen LogP contribution in [0.25, 0.3) is 11.0 Å². The first-order chi connectivity index (χ1) is 8.42. The molecule has 1 aliphatic heterocycles. The van der Waals surface area contributed by atoms with E-state index in [2.05, 4.69) is 20.6 Å². The van der Waals surface area contributed by atoms with Gasteiger partial charge in [-0.25, -0.2) is 4.98 Å². The molecule has 0 spiro atoms. The van der Waals surface area contributed by atoms with Crippen molar-refractivity contribution in [1.82, 2.24) is 15.3 Å². The van der Waals surface area contributed by atoms with Crippen molar-refractivity contribution in [2.24, 2.45) is 0 Å². The zero-order valence-corrected chi connectivity index (χ0v) is 9.69. The zero-order valence-electron chi connectivity index (χ0n) is 9.69. The lowest BCUT2D eigenvalue weighted by atomic mass is 10.1. The third kappa shape index (κ3) is 2.36. The van der Waals surface area contributed by atoms with Gasteiger partial charge in [0.25, 0.3) is 0 Å². The van der Waals surface area contributed by atoms with Gasteiger partial charge in [0.15, 0.2) is 0 Å². The van der Waals surface area contributed by atoms with Crippen molar-refractivity contribution in [2.45, 2.75) is 18.9 Å². The Labute approximate surface area is 100 Å². The number of hydrogen-bond donors (Lipinski definition) is 2. The van der Waals surface area contributed by atoms with Crippen LogP contribution in [-0.4, -0.2) is 29.1 Å². The number of nitrogens with one attached hydrogen (secondary N) is 2. The zero-order chi connectivity index (χ0) is 11.5. The standard InChI is InChI=1S/C13H16N4/c1-2-4-12-11(3-1)15-9-13(17-12)16-10-5-7-14-8-6-10/h1-4,9-10,14H,5-8H2,(H,16,17). The minimum atomic E-state index is 0.520. The van der Waals surface area contributed by atoms with Gasteiger partial charge in [-0.05, 0) is 38.1 Å². The number of benzene rings is 1. The van der Waals surface area contributed by atoms with Crippen LogP contribution in [0.1, 0.15) is 12.8 Å². The van der Waals surface area contributed by atoms with Gasteiger partial charge in [-0.3, -0.25) is 4.98 Å². The van der Waals surface area contributed by atoms with E-state index in [9.17, 15) is 0 Å². The van der Waals surface area contributed by atoms with Crippen LogP contribution >= 0.6 is 0 Å². The molecular weight excluding hydrogens is 212 g/mol. The Morgan fingerprint density at radius 1 is 1.12 bits per heavy atom. The molecule has 4 heteroatoms. The second-order valence-corrected chi connectivity index (χ2v) is 4.41. The lowest BCUT2D eigenvalue weighted by molar-refractivity contribution is 0.478. The van der Waals surface area contributed by atoms with Gasteiger partial charge in [-0.15, -0.1) is 0 Å². The minimum absolute atomic E-state index is 0.520. The number of nitrogens with zero attached hydrogens (tertiary/aromatic N) is 2. The maximum absolute atomic E-state index is 4.58. The van der Waals surface area contributed by atoms with E-state index in [0.717, 1.165) is 42.8 Å². The van der Waals surface area contributed by atoms with Crippen LogP contribution in [0.2, 0.25) is 0 Å². The second-order valence-electron chi connectivity index (χ2n) is 4.41. The summed E-state index contributed by atoms with van der Waals surface area (Å²) in [6.45, 7) is 2.16. The molecule has 0 bridgehead atoms. The molecule has 4 nitrogen and oxygen atoms in total. The van der Waals surface area contributed by atoms with E-state index in [4.69, 9.17) is 0 Å². The predicted molar refractivity (Wildman–Crippen MR) is 69.1 cm³/mol. The molecule has 2 N–H and O–H groups in total. The summed E-state index contributed by atoms with van der Waals surface area (Å²) in [6, 6.07) is 8.47. The van der Waals surface area contributed by atoms with Gasteiger partial charge in [0.1, 0.15) is 5.82 Å². The molecule has 2 heterocycles. The van der Waals surface area contributed by atoms with E-state index in [1.165, 1.54) is 0 Å². The predicted octanol–water partition coefficient (Wildman–Crippen LogP) is 1.79. The molecule has 3 rings (SSSR count). The van der Waals surface area contributed by atoms with Crippen molar-refractivity contribution in [1.29, 1.82) is 0 Å². The Morgan fingerprint density at radius 2 is 1.88 bits per heavy atom. The first-order valence-electron chi connectivity index (χ1n) is 6.11. The maximum Gasteiger partial charge on any atom is 0.145 e. The first kappa shape index (κ1) is 10.5. The largest absolute Gasteiger partial charge is 0.366 e. The number of aromatic nitrogens is 2. The highest BCUT2D eigenvalue weighted by Crippen LogP contribution is 2.14. The molecular formula is C13H16N4. The van der Waals surface area contributed by atoms with E-state index in [1.807, 2.05) is 30.5 Å². The summed E-state index contributed by atoms with van der Waals surface area (Å²) in [6.07, 6.45) is 4.12. The third-order valence-corrected chi connectivity index (χ3v) is 3.14. The smallest absolute Gasteiger partial charge is 0.145 e. The summed E-state index contributed by atoms with van der Waals surface area (Å²) < 4.78 is 0. The fraction of sp³-hybridized carbons (Fsp3) is 0.385. The number of hydrogen-bond acceptors (Lipinski definition) is 4. The van der Waals surface area contributed by atoms with Crippen LogP contribution in [0.15, 0.2) is 30.5 Å². The summed E-state index contributed by atoms with van der Waals surface area (Å²) in [4.78, 5) is 8.98. The Morgan fingerprint density at radius 3 is 2.71 bits per heavy atom. The summed E-state index contributed by atoms with van der Waals surface area (Å²) >= 11 is 0. The molecule has 2 aromatic rings. The molecule has 0 radical (unpaired) electrons. The van der Waals surface area contributed by atoms with Gasteiger partial charge in [0.2, 0.25) is 0 Å². The highest BCUT2D eigenvalue weighted by atomic mass is 15.1. The molecule has 88 valence electrons. The topological polar surface area (TPSA) is 49.8 Å². The van der Waals surface area contributed by atoms with Gasteiger partial charge < -0.3 is 10.6 Å². The third-order valence-electron chi connectivity index (χ3n) is 3.14. The van der Waals surface area contributed by atoms with Crippen molar-refractivity contribution in [3.63, 3.8) is 0 Å². The summed E-state index contributed by atoms with van der Waals surface area (Å²) in [5.74, 6) is 0.885. The first-order valence-corrected chi connectivity index (χ1v) is 6.11. The Bertz CT molecular complexity index is 506. The van der Waals surface area contributed by atoms with Crippen molar-refractivity contribution in [3.05, 3.63) is 30.5 Å². The van der Waals surface area contributed by atoms with Gasteiger partial charge in [-0.1, -0.05) is 12.1 Å². The molecule has 1 aliphatic rings. The average molecular weight is 228 g/mol. The fourth-order valence-corrected chi connectivity index (χ4v) is 2.20. The second kappa shape index (κ2) is 4.67. The fourth-order valence-electron chi connectivity index (χ4n) is 2.20. The summed E-state index contributed by atoms with van der Waals surface area (Å²) in [7, 11) is 0. The van der Waals surface area contributed by atoms with Crippen LogP contribution in [0.5, 0.6) is 0 Å². The van der Waals surface area contributed by atoms with Crippen LogP contribution in [0.3, 0.4) is 0 Å². The summed E-state index contributed by atoms with van der Waals surface area (Å²) in [5.41, 5.74) is 1.90. The van der Waals surface area contributed by atoms with Gasteiger partial charge in [0.05, 0.1) is 17.2 Å². The maximum atomic E-state index is 4.58. The summed E-state index contributed by atoms with van der Waals surface area (Å²) in [5, 5.41) is 6.81. The lowest BCUT2D eigenvalue weighted by Crippen LogP contribution is -2.35. The molecule has 0 aliphatic carbocycles. The normalized spacial score (nSPS) is 17.2. The van der Waals surface area contributed by atoms with Crippen molar-refractivity contribution < 1.29 is 0 Å². The Hall–Kier alpha value is -1.68.